The summed E-state index contributed by atoms with van der Waals surface area (Å²) in [5.74, 6) is -1.20. The number of fused-ring (bicyclic) bond motifs is 1. The highest BCUT2D eigenvalue weighted by molar-refractivity contribution is 7.21. The lowest BCUT2D eigenvalue weighted by Crippen LogP contribution is -2.18. The third-order valence-corrected chi connectivity index (χ3v) is 7.71. The number of amides is 2. The maximum absolute atomic E-state index is 13.7. The van der Waals surface area contributed by atoms with E-state index in [4.69, 9.17) is 33.7 Å². The van der Waals surface area contributed by atoms with Gasteiger partial charge in [0.15, 0.2) is 12.4 Å². The fourth-order valence-electron chi connectivity index (χ4n) is 4.06. The number of nitrogens with two attached hydrogens (primary N) is 1. The number of nitrogens with one attached hydrogen (secondary N) is 1. The van der Waals surface area contributed by atoms with E-state index in [1.165, 1.54) is 27.7 Å². The fraction of sp³-hybridized carbons (Fsp3) is 0.160. The highest BCUT2D eigenvalue weighted by Gasteiger charge is 2.26. The topological polar surface area (TPSA) is 130 Å². The van der Waals surface area contributed by atoms with Crippen molar-refractivity contribution in [1.82, 2.24) is 24.5 Å². The van der Waals surface area contributed by atoms with Crippen LogP contribution in [-0.2, 0) is 13.8 Å². The number of aromatic nitrogens is 5. The van der Waals surface area contributed by atoms with Gasteiger partial charge in [0.25, 0.3) is 18.2 Å². The number of nitrogens with zero attached hydrogens (tertiary/aromatic N) is 5. The predicted molar refractivity (Wildman–Crippen MR) is 147 cm³/mol. The lowest BCUT2D eigenvalue weighted by molar-refractivity contribution is 0.100. The highest BCUT2D eigenvalue weighted by Crippen LogP contribution is 2.43. The summed E-state index contributed by atoms with van der Waals surface area (Å²) in [5, 5.41) is 12.0. The summed E-state index contributed by atoms with van der Waals surface area (Å²) in [6.07, 6.45) is 0.292. The minimum atomic E-state index is -2.87. The van der Waals surface area contributed by atoms with Crippen LogP contribution in [-0.4, -0.2) is 36.4 Å². The maximum atomic E-state index is 13.7. The van der Waals surface area contributed by atoms with Crippen LogP contribution >= 0.6 is 34.5 Å². The molecule has 0 aliphatic heterocycles. The number of primary amides is 1. The molecule has 1 aromatic carbocycles. The van der Waals surface area contributed by atoms with Gasteiger partial charge in [-0.1, -0.05) is 29.3 Å². The van der Waals surface area contributed by atoms with Gasteiger partial charge in [0.2, 0.25) is 0 Å². The van der Waals surface area contributed by atoms with Crippen LogP contribution < -0.4 is 15.8 Å². The molecule has 0 saturated carbocycles. The van der Waals surface area contributed by atoms with Gasteiger partial charge in [-0.15, -0.1) is 11.3 Å². The second-order valence-electron chi connectivity index (χ2n) is 8.57. The van der Waals surface area contributed by atoms with Gasteiger partial charge >= 0.3 is 0 Å². The normalized spacial score (nSPS) is 11.4. The Morgan fingerprint density at radius 2 is 1.98 bits per heavy atom. The summed E-state index contributed by atoms with van der Waals surface area (Å²) in [6, 6.07) is 7.58. The van der Waals surface area contributed by atoms with Gasteiger partial charge in [0.1, 0.15) is 26.2 Å². The zero-order valence-electron chi connectivity index (χ0n) is 20.8. The molecular weight excluding hydrogens is 587 g/mol. The minimum Gasteiger partial charge on any atom is -0.470 e. The van der Waals surface area contributed by atoms with Crippen LogP contribution in [0.15, 0.2) is 42.7 Å². The number of benzene rings is 1. The molecule has 0 unspecified atom stereocenters. The van der Waals surface area contributed by atoms with Crippen molar-refractivity contribution in [2.75, 3.05) is 5.32 Å². The quantitative estimate of drug-likeness (QED) is 0.229. The van der Waals surface area contributed by atoms with Gasteiger partial charge in [-0.2, -0.15) is 10.2 Å². The molecule has 0 aliphatic rings. The molecule has 206 valence electrons. The molecule has 5 aromatic rings. The third-order valence-electron chi connectivity index (χ3n) is 5.81. The van der Waals surface area contributed by atoms with Crippen LogP contribution in [0.2, 0.25) is 10.0 Å². The van der Waals surface area contributed by atoms with Gasteiger partial charge in [-0.3, -0.25) is 14.3 Å². The highest BCUT2D eigenvalue weighted by atomic mass is 35.5. The minimum absolute atomic E-state index is 0.00757. The van der Waals surface area contributed by atoms with E-state index in [1.807, 2.05) is 0 Å². The number of carbonyl (C=O) groups excluding carboxylic acids is 2. The lowest BCUT2D eigenvalue weighted by atomic mass is 10.0. The summed E-state index contributed by atoms with van der Waals surface area (Å²) in [7, 11) is 1.69. The van der Waals surface area contributed by atoms with Crippen molar-refractivity contribution < 1.29 is 23.1 Å². The number of alkyl halides is 2. The van der Waals surface area contributed by atoms with E-state index >= 15 is 0 Å². The summed E-state index contributed by atoms with van der Waals surface area (Å²) in [4.78, 5) is 29.7. The molecule has 0 saturated heterocycles. The second kappa shape index (κ2) is 10.8. The van der Waals surface area contributed by atoms with Crippen LogP contribution in [0.5, 0.6) is 5.75 Å². The van der Waals surface area contributed by atoms with Gasteiger partial charge in [-0.05, 0) is 36.8 Å². The number of pyridine rings is 1. The molecule has 0 radical (unpaired) electrons. The van der Waals surface area contributed by atoms with Crippen molar-refractivity contribution in [3.63, 3.8) is 0 Å². The Bertz CT molecular complexity index is 1780. The standard InChI is InChI=1S/C25H19Cl2F2N7O3S/c1-11-13(9-35(2)33-11)12-8-16(22(28)29)31-25-18(12)20(21(40-25)23(30)37)32-24(38)15-6-7-36(34-15)10-39-17-5-3-4-14(26)19(17)27/h3-9,22H,10H2,1-2H3,(H2,30,37)(H,32,38). The van der Waals surface area contributed by atoms with Crippen molar-refractivity contribution in [3.05, 3.63) is 74.7 Å². The Labute approximate surface area is 239 Å². The lowest BCUT2D eigenvalue weighted by Gasteiger charge is -2.10. The number of thiophene rings is 1. The Balaban J connectivity index is 1.51. The second-order valence-corrected chi connectivity index (χ2v) is 10.4. The largest absolute Gasteiger partial charge is 0.470 e. The molecule has 5 rings (SSSR count). The van der Waals surface area contributed by atoms with E-state index < -0.39 is 23.9 Å². The Morgan fingerprint density at radius 1 is 1.20 bits per heavy atom. The molecule has 0 fully saturated rings. The average Bonchev–Trinajstić information content (AvgIpc) is 3.61. The zero-order chi connectivity index (χ0) is 28.7. The molecule has 4 heterocycles. The van der Waals surface area contributed by atoms with Crippen LogP contribution in [0.1, 0.15) is 38.0 Å². The van der Waals surface area contributed by atoms with E-state index in [2.05, 4.69) is 20.5 Å². The number of aryl methyl sites for hydroxylation is 2. The number of halogens is 4. The molecule has 0 aliphatic carbocycles. The summed E-state index contributed by atoms with van der Waals surface area (Å²) < 4.78 is 36.0. The van der Waals surface area contributed by atoms with Gasteiger partial charge < -0.3 is 15.8 Å². The molecule has 10 nitrogen and oxygen atoms in total. The first kappa shape index (κ1) is 27.5. The predicted octanol–water partition coefficient (Wildman–Crippen LogP) is 5.83. The number of carbonyl (C=O) groups is 2. The first-order valence-electron chi connectivity index (χ1n) is 11.5. The Kier molecular flexibility index (Phi) is 7.45. The van der Waals surface area contributed by atoms with Crippen molar-refractivity contribution in [2.24, 2.45) is 12.8 Å². The van der Waals surface area contributed by atoms with E-state index in [9.17, 15) is 18.4 Å². The molecule has 40 heavy (non-hydrogen) atoms. The van der Waals surface area contributed by atoms with Crippen molar-refractivity contribution in [1.29, 1.82) is 0 Å². The molecule has 3 N–H and O–H groups in total. The summed E-state index contributed by atoms with van der Waals surface area (Å²) >= 11 is 12.9. The monoisotopic (exact) mass is 605 g/mol. The number of ether oxygens (including phenoxy) is 1. The van der Waals surface area contributed by atoms with Crippen molar-refractivity contribution in [3.8, 4) is 16.9 Å². The zero-order valence-corrected chi connectivity index (χ0v) is 23.1. The first-order chi connectivity index (χ1) is 19.0. The SMILES string of the molecule is Cc1nn(C)cc1-c1cc(C(F)F)nc2sc(C(N)=O)c(NC(=O)c3ccn(COc4cccc(Cl)c4Cl)n3)c12. The molecule has 15 heteroatoms. The van der Waals surface area contributed by atoms with E-state index in [-0.39, 0.29) is 38.2 Å². The van der Waals surface area contributed by atoms with Crippen LogP contribution in [0.25, 0.3) is 21.3 Å². The van der Waals surface area contributed by atoms with E-state index in [1.54, 1.807) is 38.4 Å². The van der Waals surface area contributed by atoms with Gasteiger partial charge in [-0.25, -0.2) is 18.4 Å². The number of anilines is 1. The average molecular weight is 606 g/mol. The van der Waals surface area contributed by atoms with Gasteiger partial charge in [0, 0.05) is 30.4 Å². The van der Waals surface area contributed by atoms with Crippen molar-refractivity contribution >= 4 is 62.3 Å². The molecule has 0 spiro atoms. The van der Waals surface area contributed by atoms with Crippen LogP contribution in [0, 0.1) is 6.92 Å². The Hall–Kier alpha value is -4.07. The third kappa shape index (κ3) is 5.22. The molecule has 2 amide bonds. The summed E-state index contributed by atoms with van der Waals surface area (Å²) in [5.41, 5.74) is 6.56. The molecule has 4 aromatic heterocycles. The number of hydrogen-bond acceptors (Lipinski definition) is 7. The molecule has 0 atom stereocenters. The van der Waals surface area contributed by atoms with E-state index in [0.29, 0.717) is 27.6 Å². The number of rotatable bonds is 8. The summed E-state index contributed by atoms with van der Waals surface area (Å²) in [6.45, 7) is 1.64. The maximum Gasteiger partial charge on any atom is 0.280 e. The van der Waals surface area contributed by atoms with Crippen molar-refractivity contribution in [2.45, 2.75) is 20.1 Å². The smallest absolute Gasteiger partial charge is 0.280 e. The van der Waals surface area contributed by atoms with E-state index in [0.717, 1.165) is 11.3 Å². The fourth-order valence-corrected chi connectivity index (χ4v) is 5.42. The molecule has 0 bridgehead atoms. The van der Waals surface area contributed by atoms with Crippen LogP contribution in [0.4, 0.5) is 14.5 Å². The first-order valence-corrected chi connectivity index (χ1v) is 13.1. The number of hydrogen-bond donors (Lipinski definition) is 2. The Morgan fingerprint density at radius 3 is 2.65 bits per heavy atom. The van der Waals surface area contributed by atoms with Crippen LogP contribution in [0.3, 0.4) is 0 Å². The molecular formula is C25H19Cl2F2N7O3S. The van der Waals surface area contributed by atoms with Gasteiger partial charge in [0.05, 0.1) is 16.4 Å².